The van der Waals surface area contributed by atoms with E-state index in [0.717, 1.165) is 46.3 Å². The number of imidazole rings is 1. The molecule has 0 bridgehead atoms. The molecule has 0 radical (unpaired) electrons. The summed E-state index contributed by atoms with van der Waals surface area (Å²) in [6, 6.07) is 8.08. The molecule has 1 aromatic carbocycles. The maximum Gasteiger partial charge on any atom is 0.268 e. The van der Waals surface area contributed by atoms with Gasteiger partial charge in [0.2, 0.25) is 0 Å². The van der Waals surface area contributed by atoms with Crippen molar-refractivity contribution in [1.29, 1.82) is 0 Å². The Hall–Kier alpha value is -2.47. The molecule has 4 aromatic rings. The average molecular weight is 407 g/mol. The lowest BCUT2D eigenvalue weighted by Gasteiger charge is -2.33. The summed E-state index contributed by atoms with van der Waals surface area (Å²) in [4.78, 5) is 26.8. The van der Waals surface area contributed by atoms with Gasteiger partial charge in [-0.1, -0.05) is 32.9 Å². The number of aromatic nitrogens is 4. The van der Waals surface area contributed by atoms with Gasteiger partial charge in [0, 0.05) is 11.9 Å². The van der Waals surface area contributed by atoms with Crippen LogP contribution < -0.4 is 5.56 Å². The summed E-state index contributed by atoms with van der Waals surface area (Å²) in [7, 11) is 2.01. The fourth-order valence-corrected chi connectivity index (χ4v) is 5.78. The van der Waals surface area contributed by atoms with Gasteiger partial charge in [-0.3, -0.25) is 4.79 Å². The molecule has 0 saturated carbocycles. The van der Waals surface area contributed by atoms with Gasteiger partial charge in [-0.25, -0.2) is 9.97 Å². The minimum atomic E-state index is -0.0181. The van der Waals surface area contributed by atoms with Crippen molar-refractivity contribution in [3.63, 3.8) is 0 Å². The van der Waals surface area contributed by atoms with Gasteiger partial charge in [-0.2, -0.15) is 0 Å². The lowest BCUT2D eigenvalue weighted by atomic mass is 9.72. The van der Waals surface area contributed by atoms with E-state index in [1.807, 2.05) is 25.2 Å². The third kappa shape index (κ3) is 3.10. The largest absolute Gasteiger partial charge is 0.331 e. The lowest BCUT2D eigenvalue weighted by Crippen LogP contribution is -2.26. The number of aromatic amines is 1. The zero-order valence-electron chi connectivity index (χ0n) is 17.4. The molecule has 29 heavy (non-hydrogen) atoms. The number of benzene rings is 1. The molecular weight excluding hydrogens is 380 g/mol. The van der Waals surface area contributed by atoms with Gasteiger partial charge in [0.25, 0.3) is 5.56 Å². The van der Waals surface area contributed by atoms with E-state index in [-0.39, 0.29) is 5.56 Å². The predicted octanol–water partition coefficient (Wildman–Crippen LogP) is 4.61. The Kier molecular flexibility index (Phi) is 4.17. The normalized spacial score (nSPS) is 17.2. The summed E-state index contributed by atoms with van der Waals surface area (Å²) in [5, 5.41) is 0. The Morgan fingerprint density at radius 1 is 1.24 bits per heavy atom. The van der Waals surface area contributed by atoms with Crippen LogP contribution in [0.25, 0.3) is 21.3 Å². The van der Waals surface area contributed by atoms with Crippen molar-refractivity contribution in [3.8, 4) is 0 Å². The van der Waals surface area contributed by atoms with Crippen molar-refractivity contribution in [2.75, 3.05) is 0 Å². The zero-order valence-corrected chi connectivity index (χ0v) is 18.2. The number of nitrogens with zero attached hydrogens (tertiary/aromatic N) is 3. The Morgan fingerprint density at radius 2 is 2.03 bits per heavy atom. The topological polar surface area (TPSA) is 63.6 Å². The molecule has 5 nitrogen and oxygen atoms in total. The molecule has 3 aromatic heterocycles. The zero-order chi connectivity index (χ0) is 20.3. The van der Waals surface area contributed by atoms with Crippen molar-refractivity contribution in [3.05, 3.63) is 56.7 Å². The molecule has 0 aliphatic heterocycles. The van der Waals surface area contributed by atoms with E-state index in [4.69, 9.17) is 9.97 Å². The molecule has 1 atom stereocenters. The fourth-order valence-electron chi connectivity index (χ4n) is 4.52. The number of para-hydroxylation sites is 2. The van der Waals surface area contributed by atoms with Gasteiger partial charge in [0.15, 0.2) is 0 Å². The first-order chi connectivity index (χ1) is 13.8. The van der Waals surface area contributed by atoms with Crippen molar-refractivity contribution in [2.45, 2.75) is 46.5 Å². The molecule has 1 unspecified atom stereocenters. The second-order valence-corrected chi connectivity index (χ2v) is 10.4. The lowest BCUT2D eigenvalue weighted by molar-refractivity contribution is 0.218. The van der Waals surface area contributed by atoms with Crippen LogP contribution in [0.4, 0.5) is 0 Å². The predicted molar refractivity (Wildman–Crippen MR) is 119 cm³/mol. The number of nitrogens with one attached hydrogen (secondary N) is 1. The van der Waals surface area contributed by atoms with Crippen LogP contribution in [0.15, 0.2) is 29.1 Å². The van der Waals surface area contributed by atoms with Crippen LogP contribution >= 0.6 is 11.3 Å². The molecule has 0 fully saturated rings. The fraction of sp³-hybridized carbons (Fsp3) is 0.435. The van der Waals surface area contributed by atoms with E-state index in [1.54, 1.807) is 11.3 Å². The molecule has 1 aliphatic rings. The molecular formula is C23H26N4OS. The van der Waals surface area contributed by atoms with Crippen LogP contribution in [0.3, 0.4) is 0 Å². The van der Waals surface area contributed by atoms with Crippen molar-refractivity contribution < 1.29 is 0 Å². The Morgan fingerprint density at radius 3 is 2.79 bits per heavy atom. The number of H-pyrrole nitrogens is 1. The molecule has 3 heterocycles. The molecule has 1 aliphatic carbocycles. The first-order valence-corrected chi connectivity index (χ1v) is 11.1. The Bertz CT molecular complexity index is 1290. The van der Waals surface area contributed by atoms with Gasteiger partial charge in [-0.05, 0) is 48.3 Å². The standard InChI is InChI=1S/C23H26N4OS/c1-23(2,3)13-9-10-14-17(11-13)29-21-20(14)25-18(26-22(21)28)12-19-24-15-7-5-6-8-16(15)27(19)4/h5-8,13H,9-12H2,1-4H3,(H,25,26,28). The molecule has 0 saturated heterocycles. The second kappa shape index (κ2) is 6.52. The minimum Gasteiger partial charge on any atom is -0.331 e. The maximum absolute atomic E-state index is 12.8. The highest BCUT2D eigenvalue weighted by molar-refractivity contribution is 7.19. The first-order valence-electron chi connectivity index (χ1n) is 10.2. The van der Waals surface area contributed by atoms with E-state index < -0.39 is 0 Å². The Labute approximate surface area is 173 Å². The van der Waals surface area contributed by atoms with Gasteiger partial charge < -0.3 is 9.55 Å². The quantitative estimate of drug-likeness (QED) is 0.529. The SMILES string of the molecule is Cn1c(Cc2nc3c4c(sc3c(=O)[nH]2)CC(C(C)(C)C)CC4)nc2ccccc21. The highest BCUT2D eigenvalue weighted by atomic mass is 32.1. The highest BCUT2D eigenvalue weighted by Crippen LogP contribution is 2.42. The number of hydrogen-bond acceptors (Lipinski definition) is 4. The summed E-state index contributed by atoms with van der Waals surface area (Å²) in [6.45, 7) is 6.95. The van der Waals surface area contributed by atoms with E-state index in [9.17, 15) is 4.79 Å². The molecule has 150 valence electrons. The average Bonchev–Trinajstić information content (AvgIpc) is 3.20. The maximum atomic E-state index is 12.8. The smallest absolute Gasteiger partial charge is 0.268 e. The first kappa shape index (κ1) is 18.6. The van der Waals surface area contributed by atoms with Gasteiger partial charge >= 0.3 is 0 Å². The van der Waals surface area contributed by atoms with Crippen molar-refractivity contribution >= 4 is 32.6 Å². The van der Waals surface area contributed by atoms with Crippen LogP contribution in [0.5, 0.6) is 0 Å². The Balaban J connectivity index is 1.55. The molecule has 5 rings (SSSR count). The van der Waals surface area contributed by atoms with Gasteiger partial charge in [-0.15, -0.1) is 11.3 Å². The number of thiophene rings is 1. The third-order valence-electron chi connectivity index (χ3n) is 6.38. The van der Waals surface area contributed by atoms with E-state index >= 15 is 0 Å². The molecule has 1 N–H and O–H groups in total. The van der Waals surface area contributed by atoms with Crippen LogP contribution in [-0.4, -0.2) is 19.5 Å². The van der Waals surface area contributed by atoms with Crippen LogP contribution in [0, 0.1) is 11.3 Å². The summed E-state index contributed by atoms with van der Waals surface area (Å²) < 4.78 is 2.86. The monoisotopic (exact) mass is 406 g/mol. The highest BCUT2D eigenvalue weighted by Gasteiger charge is 2.31. The van der Waals surface area contributed by atoms with Crippen LogP contribution in [0.2, 0.25) is 0 Å². The number of hydrogen-bond donors (Lipinski definition) is 1. The van der Waals surface area contributed by atoms with Gasteiger partial charge in [0.05, 0.1) is 23.0 Å². The third-order valence-corrected chi connectivity index (χ3v) is 7.62. The van der Waals surface area contributed by atoms with E-state index in [2.05, 4.69) is 36.4 Å². The summed E-state index contributed by atoms with van der Waals surface area (Å²) in [5.41, 5.74) is 4.54. The summed E-state index contributed by atoms with van der Waals surface area (Å²) in [5.74, 6) is 2.26. The molecule has 6 heteroatoms. The van der Waals surface area contributed by atoms with E-state index in [0.29, 0.717) is 23.6 Å². The second-order valence-electron chi connectivity index (χ2n) is 9.25. The van der Waals surface area contributed by atoms with Gasteiger partial charge in [0.1, 0.15) is 16.3 Å². The van der Waals surface area contributed by atoms with E-state index in [1.165, 1.54) is 10.4 Å². The summed E-state index contributed by atoms with van der Waals surface area (Å²) >= 11 is 1.64. The molecule has 0 spiro atoms. The number of rotatable bonds is 2. The van der Waals surface area contributed by atoms with Crippen molar-refractivity contribution in [2.24, 2.45) is 18.4 Å². The summed E-state index contributed by atoms with van der Waals surface area (Å²) in [6.07, 6.45) is 3.75. The minimum absolute atomic E-state index is 0.0181. The van der Waals surface area contributed by atoms with Crippen molar-refractivity contribution in [1.82, 2.24) is 19.5 Å². The molecule has 0 amide bonds. The van der Waals surface area contributed by atoms with Crippen LogP contribution in [0.1, 0.15) is 49.3 Å². The number of aryl methyl sites for hydroxylation is 2. The number of fused-ring (bicyclic) bond motifs is 4. The van der Waals surface area contributed by atoms with Crippen LogP contribution in [-0.2, 0) is 26.3 Å².